The number of nitrogens with one attached hydrogen (secondary N) is 1. The Kier molecular flexibility index (Phi) is 6.32. The number of hydrogen-bond acceptors (Lipinski definition) is 2. The predicted octanol–water partition coefficient (Wildman–Crippen LogP) is 13.1. The molecule has 2 heterocycles. The lowest BCUT2D eigenvalue weighted by atomic mass is 9.74. The molecule has 1 unspecified atom stereocenters. The molecule has 1 N–H and O–H groups in total. The van der Waals surface area contributed by atoms with Gasteiger partial charge in [-0.3, -0.25) is 0 Å². The van der Waals surface area contributed by atoms with Gasteiger partial charge in [0.2, 0.25) is 0 Å². The quantitative estimate of drug-likeness (QED) is 0.208. The maximum absolute atomic E-state index is 7.16. The molecule has 7 aromatic carbocycles. The monoisotopic (exact) mass is 641 g/mol. The molecule has 1 aliphatic carbocycles. The molecule has 50 heavy (non-hydrogen) atoms. The van der Waals surface area contributed by atoms with Crippen LogP contribution in [0.5, 0.6) is 0 Å². The third-order valence-corrected chi connectivity index (χ3v) is 11.0. The van der Waals surface area contributed by atoms with Gasteiger partial charge in [0.25, 0.3) is 0 Å². The summed E-state index contributed by atoms with van der Waals surface area (Å²) < 4.78 is 7.16. The standard InChI is InChI=1S/C48H35NO/c1-48(2)41-21-10-9-18-39(41)47-45(38-25-23-32(29-42(38)48)30-13-4-3-5-14-30)40-20-12-19-37(46(40)50-47)35-26-27-36(34-17-8-7-16-33(34)35)44-28-24-31-15-6-11-22-43(31)49-44/h3-29,44,49H,1-2H3. The van der Waals surface area contributed by atoms with Crippen molar-refractivity contribution in [1.29, 1.82) is 0 Å². The summed E-state index contributed by atoms with van der Waals surface area (Å²) >= 11 is 0. The molecular weight excluding hydrogens is 607 g/mol. The second-order valence-corrected chi connectivity index (χ2v) is 14.1. The molecule has 10 rings (SSSR count). The van der Waals surface area contributed by atoms with Gasteiger partial charge in [-0.15, -0.1) is 0 Å². The first kappa shape index (κ1) is 28.9. The molecule has 0 saturated heterocycles. The van der Waals surface area contributed by atoms with E-state index < -0.39 is 0 Å². The van der Waals surface area contributed by atoms with Crippen molar-refractivity contribution in [3.63, 3.8) is 0 Å². The second-order valence-electron chi connectivity index (χ2n) is 14.1. The van der Waals surface area contributed by atoms with Gasteiger partial charge in [-0.1, -0.05) is 166 Å². The van der Waals surface area contributed by atoms with Crippen molar-refractivity contribution in [2.45, 2.75) is 25.3 Å². The number of hydrogen-bond donors (Lipinski definition) is 1. The summed E-state index contributed by atoms with van der Waals surface area (Å²) in [7, 11) is 0. The third kappa shape index (κ3) is 4.28. The molecule has 0 radical (unpaired) electrons. The van der Waals surface area contributed by atoms with Gasteiger partial charge < -0.3 is 9.73 Å². The summed E-state index contributed by atoms with van der Waals surface area (Å²) in [5.41, 5.74) is 15.2. The van der Waals surface area contributed by atoms with Gasteiger partial charge in [-0.25, -0.2) is 0 Å². The van der Waals surface area contributed by atoms with Gasteiger partial charge in [-0.2, -0.15) is 0 Å². The molecule has 0 fully saturated rings. The molecule has 1 atom stereocenters. The highest BCUT2D eigenvalue weighted by atomic mass is 16.3. The van der Waals surface area contributed by atoms with E-state index in [9.17, 15) is 0 Å². The number of rotatable bonds is 3. The second kappa shape index (κ2) is 10.9. The summed E-state index contributed by atoms with van der Waals surface area (Å²) in [5, 5.41) is 7.36. The molecule has 2 nitrogen and oxygen atoms in total. The molecule has 1 aliphatic heterocycles. The molecule has 1 aromatic heterocycles. The van der Waals surface area contributed by atoms with Crippen LogP contribution in [0.2, 0.25) is 0 Å². The molecule has 2 heteroatoms. The van der Waals surface area contributed by atoms with Crippen LogP contribution in [0.1, 0.15) is 42.1 Å². The van der Waals surface area contributed by atoms with Crippen LogP contribution >= 0.6 is 0 Å². The minimum Gasteiger partial charge on any atom is -0.455 e. The van der Waals surface area contributed by atoms with E-state index >= 15 is 0 Å². The van der Waals surface area contributed by atoms with Crippen LogP contribution in [0.3, 0.4) is 0 Å². The molecule has 0 saturated carbocycles. The maximum atomic E-state index is 7.16. The zero-order valence-corrected chi connectivity index (χ0v) is 28.1. The Balaban J connectivity index is 1.19. The number of furan rings is 1. The van der Waals surface area contributed by atoms with E-state index in [0.717, 1.165) is 33.5 Å². The fourth-order valence-electron chi connectivity index (χ4n) is 8.45. The zero-order valence-electron chi connectivity index (χ0n) is 28.1. The zero-order chi connectivity index (χ0) is 33.4. The number of para-hydroxylation sites is 2. The van der Waals surface area contributed by atoms with E-state index in [2.05, 4.69) is 183 Å². The lowest BCUT2D eigenvalue weighted by molar-refractivity contribution is 0.622. The fraction of sp³-hybridized carbons (Fsp3) is 0.0833. The molecule has 2 aliphatic rings. The summed E-state index contributed by atoms with van der Waals surface area (Å²) in [6.45, 7) is 4.70. The van der Waals surface area contributed by atoms with E-state index in [1.165, 1.54) is 60.8 Å². The Labute approximate surface area is 292 Å². The first-order valence-electron chi connectivity index (χ1n) is 17.5. The summed E-state index contributed by atoms with van der Waals surface area (Å²) in [6, 6.07) is 55.1. The van der Waals surface area contributed by atoms with Crippen molar-refractivity contribution in [2.75, 3.05) is 5.32 Å². The van der Waals surface area contributed by atoms with Crippen LogP contribution in [0, 0.1) is 0 Å². The molecule has 0 spiro atoms. The molecular formula is C48H35NO. The van der Waals surface area contributed by atoms with Gasteiger partial charge in [0.05, 0.1) is 6.04 Å². The lowest BCUT2D eigenvalue weighted by Gasteiger charge is -2.28. The van der Waals surface area contributed by atoms with Crippen molar-refractivity contribution < 1.29 is 4.42 Å². The number of anilines is 1. The Morgan fingerprint density at radius 1 is 0.540 bits per heavy atom. The average Bonchev–Trinajstić information content (AvgIpc) is 3.54. The van der Waals surface area contributed by atoms with E-state index in [1.807, 2.05) is 0 Å². The minimum atomic E-state index is -0.240. The normalized spacial score (nSPS) is 15.4. The van der Waals surface area contributed by atoms with E-state index in [4.69, 9.17) is 4.42 Å². The van der Waals surface area contributed by atoms with Gasteiger partial charge >= 0.3 is 0 Å². The van der Waals surface area contributed by atoms with Crippen LogP contribution in [-0.2, 0) is 5.41 Å². The van der Waals surface area contributed by atoms with Crippen molar-refractivity contribution in [2.24, 2.45) is 0 Å². The van der Waals surface area contributed by atoms with Gasteiger partial charge in [0.15, 0.2) is 0 Å². The Bertz CT molecular complexity index is 2660. The van der Waals surface area contributed by atoms with Crippen LogP contribution < -0.4 is 5.32 Å². The maximum Gasteiger partial charge on any atom is 0.143 e. The fourth-order valence-corrected chi connectivity index (χ4v) is 8.45. The van der Waals surface area contributed by atoms with Gasteiger partial charge in [0, 0.05) is 33.2 Å². The highest BCUT2D eigenvalue weighted by molar-refractivity contribution is 6.12. The van der Waals surface area contributed by atoms with E-state index in [-0.39, 0.29) is 11.5 Å². The van der Waals surface area contributed by atoms with Crippen molar-refractivity contribution in [1.82, 2.24) is 0 Å². The van der Waals surface area contributed by atoms with Crippen LogP contribution in [0.15, 0.2) is 162 Å². The van der Waals surface area contributed by atoms with Crippen LogP contribution in [0.25, 0.3) is 72.5 Å². The Hall–Kier alpha value is -6.12. The largest absolute Gasteiger partial charge is 0.455 e. The van der Waals surface area contributed by atoms with Gasteiger partial charge in [-0.05, 0) is 67.4 Å². The average molecular weight is 642 g/mol. The number of benzene rings is 7. The summed E-state index contributed by atoms with van der Waals surface area (Å²) in [6.07, 6.45) is 4.50. The topological polar surface area (TPSA) is 25.2 Å². The van der Waals surface area contributed by atoms with Crippen molar-refractivity contribution in [3.05, 3.63) is 180 Å². The molecule has 0 amide bonds. The Morgan fingerprint density at radius 3 is 2.16 bits per heavy atom. The third-order valence-electron chi connectivity index (χ3n) is 11.0. The molecule has 0 bridgehead atoms. The first-order valence-corrected chi connectivity index (χ1v) is 17.5. The van der Waals surface area contributed by atoms with E-state index in [1.54, 1.807) is 0 Å². The predicted molar refractivity (Wildman–Crippen MR) is 209 cm³/mol. The summed E-state index contributed by atoms with van der Waals surface area (Å²) in [5.74, 6) is 0.943. The molecule has 8 aromatic rings. The highest BCUT2D eigenvalue weighted by Crippen LogP contribution is 2.54. The smallest absolute Gasteiger partial charge is 0.143 e. The number of fused-ring (bicyclic) bond motifs is 9. The first-order chi connectivity index (χ1) is 24.6. The Morgan fingerprint density at radius 2 is 1.26 bits per heavy atom. The van der Waals surface area contributed by atoms with Crippen molar-refractivity contribution in [3.8, 4) is 44.7 Å². The highest BCUT2D eigenvalue weighted by Gasteiger charge is 2.36. The van der Waals surface area contributed by atoms with Gasteiger partial charge in [0.1, 0.15) is 11.3 Å². The minimum absolute atomic E-state index is 0.0800. The van der Waals surface area contributed by atoms with Crippen LogP contribution in [-0.4, -0.2) is 0 Å². The van der Waals surface area contributed by atoms with E-state index in [0.29, 0.717) is 0 Å². The molecule has 238 valence electrons. The summed E-state index contributed by atoms with van der Waals surface area (Å²) in [4.78, 5) is 0. The van der Waals surface area contributed by atoms with Crippen LogP contribution in [0.4, 0.5) is 5.69 Å². The van der Waals surface area contributed by atoms with Crippen molar-refractivity contribution >= 4 is 33.5 Å². The SMILES string of the molecule is CC1(C)c2ccccc2-c2oc3c(-c4ccc(C5C=Cc6ccccc6N5)c5ccccc45)cccc3c2-c2ccc(-c3ccccc3)cc21. The lowest BCUT2D eigenvalue weighted by Crippen LogP contribution is -2.20.